The van der Waals surface area contributed by atoms with Gasteiger partial charge in [-0.3, -0.25) is 9.89 Å². The van der Waals surface area contributed by atoms with Crippen LogP contribution in [0.5, 0.6) is 0 Å². The summed E-state index contributed by atoms with van der Waals surface area (Å²) in [7, 11) is 0. The van der Waals surface area contributed by atoms with Gasteiger partial charge in [-0.25, -0.2) is 4.68 Å². The number of rotatable bonds is 5. The fourth-order valence-corrected chi connectivity index (χ4v) is 2.77. The lowest BCUT2D eigenvalue weighted by Crippen LogP contribution is -2.38. The Balaban J connectivity index is 1.40. The standard InChI is InChI=1S/C13H19N7O/c21-13(2-1-7-20-10-15-17-18-20)19-8-4-11(5-9-19)12-3-6-14-16-12/h3,6,10-11H,1-2,4-5,7-9H2,(H,14,16). The molecule has 0 spiro atoms. The Kier molecular flexibility index (Phi) is 4.23. The van der Waals surface area contributed by atoms with Gasteiger partial charge in [-0.15, -0.1) is 5.10 Å². The molecule has 0 aliphatic carbocycles. The molecule has 0 saturated carbocycles. The van der Waals surface area contributed by atoms with Crippen LogP contribution >= 0.6 is 0 Å². The molecule has 1 amide bonds. The quantitative estimate of drug-likeness (QED) is 0.869. The molecule has 2 aromatic heterocycles. The predicted octanol–water partition coefficient (Wildman–Crippen LogP) is 0.583. The summed E-state index contributed by atoms with van der Waals surface area (Å²) in [5, 5.41) is 17.9. The van der Waals surface area contributed by atoms with Crippen LogP contribution in [0, 0.1) is 0 Å². The van der Waals surface area contributed by atoms with Crippen molar-refractivity contribution < 1.29 is 4.79 Å². The maximum Gasteiger partial charge on any atom is 0.222 e. The summed E-state index contributed by atoms with van der Waals surface area (Å²) in [4.78, 5) is 14.1. The summed E-state index contributed by atoms with van der Waals surface area (Å²) in [6.07, 6.45) is 6.67. The topological polar surface area (TPSA) is 92.6 Å². The van der Waals surface area contributed by atoms with E-state index in [1.807, 2.05) is 11.0 Å². The molecular formula is C13H19N7O. The Morgan fingerprint density at radius 1 is 1.38 bits per heavy atom. The average Bonchev–Trinajstić information content (AvgIpc) is 3.21. The van der Waals surface area contributed by atoms with Crippen LogP contribution in [0.15, 0.2) is 18.6 Å². The molecule has 1 fully saturated rings. The Morgan fingerprint density at radius 3 is 2.90 bits per heavy atom. The summed E-state index contributed by atoms with van der Waals surface area (Å²) >= 11 is 0. The molecule has 1 aliphatic rings. The number of likely N-dealkylation sites (tertiary alicyclic amines) is 1. The molecule has 3 heterocycles. The van der Waals surface area contributed by atoms with E-state index in [4.69, 9.17) is 0 Å². The van der Waals surface area contributed by atoms with E-state index in [0.29, 0.717) is 18.9 Å². The SMILES string of the molecule is O=C(CCCn1cnnn1)N1CCC(c2ccn[nH]2)CC1. The van der Waals surface area contributed by atoms with Gasteiger partial charge in [0.1, 0.15) is 6.33 Å². The molecule has 2 aromatic rings. The van der Waals surface area contributed by atoms with Gasteiger partial charge in [-0.1, -0.05) is 0 Å². The molecule has 8 heteroatoms. The first-order valence-corrected chi connectivity index (χ1v) is 7.31. The number of amides is 1. The predicted molar refractivity (Wildman–Crippen MR) is 74.2 cm³/mol. The van der Waals surface area contributed by atoms with Gasteiger partial charge in [0.25, 0.3) is 0 Å². The number of nitrogens with zero attached hydrogens (tertiary/aromatic N) is 6. The van der Waals surface area contributed by atoms with Crippen LogP contribution in [0.1, 0.15) is 37.3 Å². The Bertz CT molecular complexity index is 543. The number of carbonyl (C=O) groups is 1. The van der Waals surface area contributed by atoms with Gasteiger partial charge in [-0.2, -0.15) is 5.10 Å². The van der Waals surface area contributed by atoms with E-state index < -0.39 is 0 Å². The summed E-state index contributed by atoms with van der Waals surface area (Å²) in [6, 6.07) is 2.02. The smallest absolute Gasteiger partial charge is 0.222 e. The van der Waals surface area contributed by atoms with Gasteiger partial charge in [0, 0.05) is 43.9 Å². The molecule has 0 radical (unpaired) electrons. The lowest BCUT2D eigenvalue weighted by molar-refractivity contribution is -0.132. The molecular weight excluding hydrogens is 270 g/mol. The number of nitrogens with one attached hydrogen (secondary N) is 1. The van der Waals surface area contributed by atoms with Crippen molar-refractivity contribution in [2.45, 2.75) is 38.1 Å². The third-order valence-corrected chi connectivity index (χ3v) is 3.98. The van der Waals surface area contributed by atoms with E-state index in [1.54, 1.807) is 17.2 Å². The second kappa shape index (κ2) is 6.47. The van der Waals surface area contributed by atoms with Gasteiger partial charge >= 0.3 is 0 Å². The number of hydrogen-bond acceptors (Lipinski definition) is 5. The second-order valence-corrected chi connectivity index (χ2v) is 5.34. The van der Waals surface area contributed by atoms with E-state index in [9.17, 15) is 4.79 Å². The molecule has 1 aliphatic heterocycles. The molecule has 112 valence electrons. The molecule has 0 bridgehead atoms. The van der Waals surface area contributed by atoms with Crippen LogP contribution in [0.3, 0.4) is 0 Å². The summed E-state index contributed by atoms with van der Waals surface area (Å²) in [5.41, 5.74) is 1.18. The fourth-order valence-electron chi connectivity index (χ4n) is 2.77. The van der Waals surface area contributed by atoms with Gasteiger partial charge in [0.05, 0.1) is 0 Å². The van der Waals surface area contributed by atoms with Crippen LogP contribution in [0.4, 0.5) is 0 Å². The second-order valence-electron chi connectivity index (χ2n) is 5.34. The number of piperidine rings is 1. The maximum absolute atomic E-state index is 12.2. The molecule has 0 unspecified atom stereocenters. The van der Waals surface area contributed by atoms with Gasteiger partial charge in [0.2, 0.25) is 5.91 Å². The van der Waals surface area contributed by atoms with Crippen molar-refractivity contribution in [3.8, 4) is 0 Å². The molecule has 0 aromatic carbocycles. The minimum absolute atomic E-state index is 0.228. The molecule has 1 saturated heterocycles. The molecule has 21 heavy (non-hydrogen) atoms. The summed E-state index contributed by atoms with van der Waals surface area (Å²) in [5.74, 6) is 0.726. The zero-order valence-corrected chi connectivity index (χ0v) is 11.9. The van der Waals surface area contributed by atoms with Crippen LogP contribution < -0.4 is 0 Å². The van der Waals surface area contributed by atoms with Crippen molar-refractivity contribution in [2.24, 2.45) is 0 Å². The first kappa shape index (κ1) is 13.7. The summed E-state index contributed by atoms with van der Waals surface area (Å²) in [6.45, 7) is 2.34. The number of tetrazole rings is 1. The van der Waals surface area contributed by atoms with E-state index in [2.05, 4.69) is 25.7 Å². The lowest BCUT2D eigenvalue weighted by atomic mass is 9.93. The van der Waals surface area contributed by atoms with E-state index in [1.165, 1.54) is 5.69 Å². The van der Waals surface area contributed by atoms with Crippen LogP contribution in [0.25, 0.3) is 0 Å². The number of aromatic nitrogens is 6. The first-order chi connectivity index (χ1) is 10.3. The van der Waals surface area contributed by atoms with Crippen molar-refractivity contribution >= 4 is 5.91 Å². The highest BCUT2D eigenvalue weighted by Crippen LogP contribution is 2.26. The van der Waals surface area contributed by atoms with E-state index >= 15 is 0 Å². The zero-order chi connectivity index (χ0) is 14.5. The van der Waals surface area contributed by atoms with Crippen molar-refractivity contribution in [3.63, 3.8) is 0 Å². The molecule has 1 N–H and O–H groups in total. The highest BCUT2D eigenvalue weighted by Gasteiger charge is 2.24. The minimum atomic E-state index is 0.228. The number of H-pyrrole nitrogens is 1. The zero-order valence-electron chi connectivity index (χ0n) is 11.9. The number of aryl methyl sites for hydroxylation is 1. The Hall–Kier alpha value is -2.25. The first-order valence-electron chi connectivity index (χ1n) is 7.31. The highest BCUT2D eigenvalue weighted by molar-refractivity contribution is 5.76. The van der Waals surface area contributed by atoms with Crippen molar-refractivity contribution in [1.29, 1.82) is 0 Å². The van der Waals surface area contributed by atoms with Crippen molar-refractivity contribution in [2.75, 3.05) is 13.1 Å². The van der Waals surface area contributed by atoms with Crippen LogP contribution in [0.2, 0.25) is 0 Å². The number of hydrogen-bond donors (Lipinski definition) is 1. The molecule has 3 rings (SSSR count). The monoisotopic (exact) mass is 289 g/mol. The maximum atomic E-state index is 12.2. The molecule has 8 nitrogen and oxygen atoms in total. The fraction of sp³-hybridized carbons (Fsp3) is 0.615. The van der Waals surface area contributed by atoms with E-state index in [-0.39, 0.29) is 5.91 Å². The molecule has 0 atom stereocenters. The number of aromatic amines is 1. The average molecular weight is 289 g/mol. The number of carbonyl (C=O) groups excluding carboxylic acids is 1. The third kappa shape index (κ3) is 3.45. The Morgan fingerprint density at radius 2 is 2.24 bits per heavy atom. The highest BCUT2D eigenvalue weighted by atomic mass is 16.2. The van der Waals surface area contributed by atoms with Gasteiger partial charge in [-0.05, 0) is 35.8 Å². The van der Waals surface area contributed by atoms with Crippen molar-refractivity contribution in [3.05, 3.63) is 24.3 Å². The van der Waals surface area contributed by atoms with Crippen molar-refractivity contribution in [1.82, 2.24) is 35.3 Å². The Labute approximate surface area is 122 Å². The van der Waals surface area contributed by atoms with Gasteiger partial charge < -0.3 is 4.90 Å². The third-order valence-electron chi connectivity index (χ3n) is 3.98. The minimum Gasteiger partial charge on any atom is -0.343 e. The lowest BCUT2D eigenvalue weighted by Gasteiger charge is -2.31. The summed E-state index contributed by atoms with van der Waals surface area (Å²) < 4.78 is 1.65. The van der Waals surface area contributed by atoms with Crippen LogP contribution in [-0.2, 0) is 11.3 Å². The van der Waals surface area contributed by atoms with Gasteiger partial charge in [0.15, 0.2) is 0 Å². The largest absolute Gasteiger partial charge is 0.343 e. The van der Waals surface area contributed by atoms with Crippen LogP contribution in [-0.4, -0.2) is 54.3 Å². The van der Waals surface area contributed by atoms with E-state index in [0.717, 1.165) is 32.4 Å². The normalized spacial score (nSPS) is 16.3.